The molecule has 19 heavy (non-hydrogen) atoms. The van der Waals surface area contributed by atoms with Gasteiger partial charge >= 0.3 is 0 Å². The van der Waals surface area contributed by atoms with Crippen molar-refractivity contribution in [2.24, 2.45) is 5.92 Å². The van der Waals surface area contributed by atoms with Crippen molar-refractivity contribution >= 4 is 16.7 Å². The van der Waals surface area contributed by atoms with Crippen LogP contribution < -0.4 is 4.90 Å². The van der Waals surface area contributed by atoms with Crippen LogP contribution in [0.25, 0.3) is 10.9 Å². The number of aromatic nitrogens is 3. The maximum atomic E-state index is 12.9. The van der Waals surface area contributed by atoms with E-state index in [2.05, 4.69) is 19.9 Å². The molecule has 1 atom stereocenters. The van der Waals surface area contributed by atoms with Crippen LogP contribution in [0, 0.1) is 12.8 Å². The van der Waals surface area contributed by atoms with E-state index in [-0.39, 0.29) is 12.6 Å². The van der Waals surface area contributed by atoms with Crippen LogP contribution in [0.15, 0.2) is 18.5 Å². The quantitative estimate of drug-likeness (QED) is 0.832. The number of hydrogen-bond acceptors (Lipinski definition) is 4. The van der Waals surface area contributed by atoms with Gasteiger partial charge in [0.1, 0.15) is 11.6 Å². The standard InChI is InChI=1S/C14H17FN4/c1-10-17-13-8-16-5-4-12(13)14(18-10)19-6-2-3-11(7-15)9-19/h4-5,8,11H,2-3,6-7,9H2,1H3. The number of hydrogen-bond donors (Lipinski definition) is 0. The number of pyridine rings is 1. The summed E-state index contributed by atoms with van der Waals surface area (Å²) in [5.41, 5.74) is 0.854. The Morgan fingerprint density at radius 2 is 2.32 bits per heavy atom. The Kier molecular flexibility index (Phi) is 3.27. The van der Waals surface area contributed by atoms with Gasteiger partial charge in [0.25, 0.3) is 0 Å². The molecule has 0 N–H and O–H groups in total. The van der Waals surface area contributed by atoms with Crippen LogP contribution in [0.2, 0.25) is 0 Å². The van der Waals surface area contributed by atoms with Gasteiger partial charge in [-0.1, -0.05) is 0 Å². The molecule has 3 rings (SSSR count). The highest BCUT2D eigenvalue weighted by Crippen LogP contribution is 2.27. The molecule has 0 bridgehead atoms. The summed E-state index contributed by atoms with van der Waals surface area (Å²) in [6.45, 7) is 3.31. The Morgan fingerprint density at radius 1 is 1.42 bits per heavy atom. The fourth-order valence-corrected chi connectivity index (χ4v) is 2.70. The fraction of sp³-hybridized carbons (Fsp3) is 0.500. The SMILES string of the molecule is Cc1nc(N2CCCC(CF)C2)c2ccncc2n1. The van der Waals surface area contributed by atoms with Crippen molar-refractivity contribution in [1.29, 1.82) is 0 Å². The lowest BCUT2D eigenvalue weighted by Crippen LogP contribution is -2.37. The number of nitrogens with zero attached hydrogens (tertiary/aromatic N) is 4. The Balaban J connectivity index is 2.03. The van der Waals surface area contributed by atoms with E-state index < -0.39 is 0 Å². The lowest BCUT2D eigenvalue weighted by Gasteiger charge is -2.33. The zero-order valence-electron chi connectivity index (χ0n) is 11.0. The molecule has 100 valence electrons. The molecule has 0 aromatic carbocycles. The molecular weight excluding hydrogens is 243 g/mol. The molecule has 5 heteroatoms. The summed E-state index contributed by atoms with van der Waals surface area (Å²) in [5, 5.41) is 1.00. The van der Waals surface area contributed by atoms with Gasteiger partial charge in [0.2, 0.25) is 0 Å². The molecule has 1 unspecified atom stereocenters. The third-order valence-corrected chi connectivity index (χ3v) is 3.63. The Bertz CT molecular complexity index is 587. The first-order valence-corrected chi connectivity index (χ1v) is 6.67. The van der Waals surface area contributed by atoms with Gasteiger partial charge in [-0.05, 0) is 25.8 Å². The van der Waals surface area contributed by atoms with Crippen LogP contribution in [0.3, 0.4) is 0 Å². The molecule has 0 amide bonds. The van der Waals surface area contributed by atoms with Crippen LogP contribution in [0.4, 0.5) is 10.2 Å². The summed E-state index contributed by atoms with van der Waals surface area (Å²) in [6, 6.07) is 1.93. The molecule has 3 heterocycles. The smallest absolute Gasteiger partial charge is 0.140 e. The largest absolute Gasteiger partial charge is 0.356 e. The molecule has 0 aliphatic carbocycles. The van der Waals surface area contributed by atoms with E-state index in [0.29, 0.717) is 0 Å². The van der Waals surface area contributed by atoms with Gasteiger partial charge in [-0.3, -0.25) is 9.37 Å². The second-order valence-electron chi connectivity index (χ2n) is 5.10. The first kappa shape index (κ1) is 12.3. The number of fused-ring (bicyclic) bond motifs is 1. The number of anilines is 1. The summed E-state index contributed by atoms with van der Waals surface area (Å²) >= 11 is 0. The lowest BCUT2D eigenvalue weighted by atomic mass is 9.99. The lowest BCUT2D eigenvalue weighted by molar-refractivity contribution is 0.315. The number of alkyl halides is 1. The van der Waals surface area contributed by atoms with Crippen molar-refractivity contribution in [3.8, 4) is 0 Å². The molecule has 0 saturated carbocycles. The van der Waals surface area contributed by atoms with E-state index in [1.807, 2.05) is 13.0 Å². The minimum absolute atomic E-state index is 0.126. The summed E-state index contributed by atoms with van der Waals surface area (Å²) in [4.78, 5) is 15.2. The molecule has 0 radical (unpaired) electrons. The fourth-order valence-electron chi connectivity index (χ4n) is 2.70. The summed E-state index contributed by atoms with van der Waals surface area (Å²) in [6.07, 6.45) is 5.49. The highest BCUT2D eigenvalue weighted by molar-refractivity contribution is 5.88. The predicted molar refractivity (Wildman–Crippen MR) is 73.0 cm³/mol. The van der Waals surface area contributed by atoms with Gasteiger partial charge in [0, 0.05) is 30.6 Å². The summed E-state index contributed by atoms with van der Waals surface area (Å²) in [5.74, 6) is 1.78. The monoisotopic (exact) mass is 260 g/mol. The zero-order valence-corrected chi connectivity index (χ0v) is 11.0. The van der Waals surface area contributed by atoms with Gasteiger partial charge in [0.05, 0.1) is 18.4 Å². The molecule has 2 aromatic heterocycles. The van der Waals surface area contributed by atoms with E-state index in [9.17, 15) is 4.39 Å². The van der Waals surface area contributed by atoms with Gasteiger partial charge in [-0.15, -0.1) is 0 Å². The maximum Gasteiger partial charge on any atom is 0.140 e. The van der Waals surface area contributed by atoms with Gasteiger partial charge in [0.15, 0.2) is 0 Å². The molecule has 4 nitrogen and oxygen atoms in total. The van der Waals surface area contributed by atoms with E-state index in [0.717, 1.165) is 48.5 Å². The van der Waals surface area contributed by atoms with Crippen molar-refractivity contribution < 1.29 is 4.39 Å². The van der Waals surface area contributed by atoms with Crippen molar-refractivity contribution in [3.63, 3.8) is 0 Å². The normalized spacial score (nSPS) is 19.9. The van der Waals surface area contributed by atoms with Crippen LogP contribution in [0.5, 0.6) is 0 Å². The minimum Gasteiger partial charge on any atom is -0.356 e. The number of aryl methyl sites for hydroxylation is 1. The van der Waals surface area contributed by atoms with Crippen LogP contribution in [0.1, 0.15) is 18.7 Å². The first-order valence-electron chi connectivity index (χ1n) is 6.67. The van der Waals surface area contributed by atoms with E-state index >= 15 is 0 Å². The van der Waals surface area contributed by atoms with Gasteiger partial charge in [-0.25, -0.2) is 9.97 Å². The third-order valence-electron chi connectivity index (χ3n) is 3.63. The molecule has 1 fully saturated rings. The average Bonchev–Trinajstić information content (AvgIpc) is 2.46. The highest BCUT2D eigenvalue weighted by atomic mass is 19.1. The highest BCUT2D eigenvalue weighted by Gasteiger charge is 2.22. The molecule has 1 saturated heterocycles. The molecule has 2 aromatic rings. The molecule has 0 spiro atoms. The van der Waals surface area contributed by atoms with Crippen LogP contribution in [-0.2, 0) is 0 Å². The van der Waals surface area contributed by atoms with Gasteiger partial charge in [-0.2, -0.15) is 0 Å². The number of halogens is 1. The number of rotatable bonds is 2. The topological polar surface area (TPSA) is 41.9 Å². The second kappa shape index (κ2) is 5.07. The maximum absolute atomic E-state index is 12.9. The van der Waals surface area contributed by atoms with Crippen LogP contribution in [-0.4, -0.2) is 34.7 Å². The van der Waals surface area contributed by atoms with Gasteiger partial charge < -0.3 is 4.90 Å². The third kappa shape index (κ3) is 2.37. The first-order chi connectivity index (χ1) is 9.28. The van der Waals surface area contributed by atoms with Crippen LogP contribution >= 0.6 is 0 Å². The Labute approximate surface area is 111 Å². The zero-order chi connectivity index (χ0) is 13.2. The average molecular weight is 260 g/mol. The minimum atomic E-state index is -0.250. The van der Waals surface area contributed by atoms with E-state index in [1.54, 1.807) is 12.4 Å². The van der Waals surface area contributed by atoms with Crippen molar-refractivity contribution in [2.45, 2.75) is 19.8 Å². The van der Waals surface area contributed by atoms with E-state index in [1.165, 1.54) is 0 Å². The molecular formula is C14H17FN4. The predicted octanol–water partition coefficient (Wildman–Crippen LogP) is 2.52. The molecule has 1 aliphatic rings. The van der Waals surface area contributed by atoms with E-state index in [4.69, 9.17) is 0 Å². The Hall–Kier alpha value is -1.78. The summed E-state index contributed by atoms with van der Waals surface area (Å²) in [7, 11) is 0. The number of piperidine rings is 1. The van der Waals surface area contributed by atoms with Crippen molar-refractivity contribution in [3.05, 3.63) is 24.3 Å². The Morgan fingerprint density at radius 3 is 3.16 bits per heavy atom. The van der Waals surface area contributed by atoms with Crippen molar-refractivity contribution in [1.82, 2.24) is 15.0 Å². The van der Waals surface area contributed by atoms with Crippen molar-refractivity contribution in [2.75, 3.05) is 24.7 Å². The molecule has 1 aliphatic heterocycles. The summed E-state index contributed by atoms with van der Waals surface area (Å²) < 4.78 is 12.9. The second-order valence-corrected chi connectivity index (χ2v) is 5.10.